The Morgan fingerprint density at radius 2 is 1.44 bits per heavy atom. The molecular weight excluding hydrogens is 436 g/mol. The summed E-state index contributed by atoms with van der Waals surface area (Å²) in [4.78, 5) is 11.3. The van der Waals surface area contributed by atoms with Crippen LogP contribution in [0.15, 0.2) is 60.8 Å². The first kappa shape index (κ1) is 21.5. The molecule has 4 rings (SSSR count). The van der Waals surface area contributed by atoms with Gasteiger partial charge < -0.3 is 0 Å². The zero-order valence-electron chi connectivity index (χ0n) is 16.3. The van der Waals surface area contributed by atoms with E-state index in [4.69, 9.17) is 0 Å². The second kappa shape index (κ2) is 7.74. The maximum Gasteiger partial charge on any atom is 0.435 e. The molecule has 1 atom stereocenters. The average Bonchev–Trinajstić information content (AvgIpc) is 3.25. The van der Waals surface area contributed by atoms with E-state index in [1.807, 2.05) is 0 Å². The largest absolute Gasteiger partial charge is 0.435 e. The number of pyridine rings is 3. The van der Waals surface area contributed by atoms with E-state index in [1.165, 1.54) is 36.4 Å². The molecule has 1 unspecified atom stereocenters. The van der Waals surface area contributed by atoms with Gasteiger partial charge in [0.05, 0.1) is 22.6 Å². The summed E-state index contributed by atoms with van der Waals surface area (Å²) < 4.78 is 82.3. The summed E-state index contributed by atoms with van der Waals surface area (Å²) in [6.45, 7) is 1.16. The van der Waals surface area contributed by atoms with Crippen LogP contribution in [-0.2, 0) is 11.8 Å². The molecule has 164 valence electrons. The topological polar surface area (TPSA) is 56.5 Å². The molecule has 0 saturated heterocycles. The van der Waals surface area contributed by atoms with Crippen molar-refractivity contribution in [3.8, 4) is 17.1 Å². The predicted molar refractivity (Wildman–Crippen MR) is 101 cm³/mol. The van der Waals surface area contributed by atoms with Crippen molar-refractivity contribution < 1.29 is 26.3 Å². The van der Waals surface area contributed by atoms with Crippen molar-refractivity contribution >= 4 is 0 Å². The molecule has 0 aliphatic heterocycles. The van der Waals surface area contributed by atoms with Gasteiger partial charge in [-0.15, -0.1) is 0 Å². The van der Waals surface area contributed by atoms with Crippen LogP contribution in [0.5, 0.6) is 0 Å². The molecule has 11 heteroatoms. The van der Waals surface area contributed by atoms with Crippen molar-refractivity contribution in [1.82, 2.24) is 24.7 Å². The van der Waals surface area contributed by atoms with E-state index in [0.29, 0.717) is 0 Å². The van der Waals surface area contributed by atoms with Gasteiger partial charge >= 0.3 is 6.18 Å². The molecule has 4 aromatic rings. The molecule has 0 saturated carbocycles. The Balaban J connectivity index is 1.71. The molecule has 4 aromatic heterocycles. The molecule has 0 radical (unpaired) electrons. The van der Waals surface area contributed by atoms with Gasteiger partial charge in [-0.2, -0.15) is 32.0 Å². The van der Waals surface area contributed by atoms with Gasteiger partial charge in [0.2, 0.25) is 11.9 Å². The zero-order valence-corrected chi connectivity index (χ0v) is 16.3. The first-order valence-electron chi connectivity index (χ1n) is 9.15. The second-order valence-electron chi connectivity index (χ2n) is 6.91. The Labute approximate surface area is 177 Å². The maximum atomic E-state index is 15.8. The lowest BCUT2D eigenvalue weighted by Crippen LogP contribution is -2.21. The summed E-state index contributed by atoms with van der Waals surface area (Å²) in [7, 11) is 0. The first-order valence-corrected chi connectivity index (χ1v) is 9.15. The number of hydrogen-bond acceptors (Lipinski definition) is 4. The van der Waals surface area contributed by atoms with Crippen LogP contribution in [0.4, 0.5) is 26.3 Å². The first-order chi connectivity index (χ1) is 15.1. The third-order valence-corrected chi connectivity index (χ3v) is 4.65. The average molecular weight is 449 g/mol. The van der Waals surface area contributed by atoms with Gasteiger partial charge in [0.15, 0.2) is 17.2 Å². The SMILES string of the molecule is CC(F)(c1cccc(-c2ccc(F)nc2F)n1)c1cccc(-n2ccc(C(F)(F)F)n2)n1. The van der Waals surface area contributed by atoms with E-state index in [1.54, 1.807) is 0 Å². The van der Waals surface area contributed by atoms with E-state index < -0.39 is 29.4 Å². The number of hydrogen-bond donors (Lipinski definition) is 0. The fourth-order valence-electron chi connectivity index (χ4n) is 3.00. The van der Waals surface area contributed by atoms with Crippen molar-refractivity contribution in [2.45, 2.75) is 18.8 Å². The van der Waals surface area contributed by atoms with Gasteiger partial charge in [-0.3, -0.25) is 0 Å². The molecule has 0 aliphatic rings. The fourth-order valence-corrected chi connectivity index (χ4v) is 3.00. The van der Waals surface area contributed by atoms with E-state index in [0.717, 1.165) is 36.0 Å². The summed E-state index contributed by atoms with van der Waals surface area (Å²) in [5.41, 5.74) is -3.80. The molecular formula is C21H13F6N5. The number of halogens is 6. The van der Waals surface area contributed by atoms with Gasteiger partial charge in [-0.1, -0.05) is 12.1 Å². The Bertz CT molecular complexity index is 1280. The molecule has 0 aromatic carbocycles. The van der Waals surface area contributed by atoms with Gasteiger partial charge in [0, 0.05) is 6.20 Å². The van der Waals surface area contributed by atoms with Crippen LogP contribution in [0.2, 0.25) is 0 Å². The Kier molecular flexibility index (Phi) is 5.19. The maximum absolute atomic E-state index is 15.8. The number of aromatic nitrogens is 5. The summed E-state index contributed by atoms with van der Waals surface area (Å²) >= 11 is 0. The van der Waals surface area contributed by atoms with Crippen molar-refractivity contribution in [3.05, 3.63) is 89.8 Å². The molecule has 0 bridgehead atoms. The Morgan fingerprint density at radius 3 is 2.09 bits per heavy atom. The van der Waals surface area contributed by atoms with Crippen molar-refractivity contribution in [2.24, 2.45) is 0 Å². The second-order valence-corrected chi connectivity index (χ2v) is 6.91. The summed E-state index contributed by atoms with van der Waals surface area (Å²) in [5.74, 6) is -2.15. The number of nitrogens with zero attached hydrogens (tertiary/aromatic N) is 5. The van der Waals surface area contributed by atoms with Crippen LogP contribution < -0.4 is 0 Å². The highest BCUT2D eigenvalue weighted by Gasteiger charge is 2.35. The van der Waals surface area contributed by atoms with Gasteiger partial charge in [-0.05, 0) is 49.4 Å². The molecule has 0 spiro atoms. The van der Waals surface area contributed by atoms with Crippen LogP contribution in [0, 0.1) is 11.9 Å². The zero-order chi connectivity index (χ0) is 23.1. The molecule has 0 aliphatic carbocycles. The molecule has 0 amide bonds. The van der Waals surface area contributed by atoms with Crippen LogP contribution in [0.25, 0.3) is 17.1 Å². The molecule has 4 heterocycles. The quantitative estimate of drug-likeness (QED) is 0.315. The number of rotatable bonds is 4. The van der Waals surface area contributed by atoms with E-state index in [2.05, 4.69) is 20.1 Å². The highest BCUT2D eigenvalue weighted by atomic mass is 19.4. The minimum atomic E-state index is -4.63. The van der Waals surface area contributed by atoms with Crippen LogP contribution in [0.1, 0.15) is 24.0 Å². The molecule has 0 fully saturated rings. The fraction of sp³-hybridized carbons (Fsp3) is 0.143. The lowest BCUT2D eigenvalue weighted by Gasteiger charge is -2.20. The summed E-state index contributed by atoms with van der Waals surface area (Å²) in [6.07, 6.45) is -3.57. The van der Waals surface area contributed by atoms with Crippen molar-refractivity contribution in [2.75, 3.05) is 0 Å². The van der Waals surface area contributed by atoms with E-state index in [-0.39, 0.29) is 28.5 Å². The van der Waals surface area contributed by atoms with Crippen molar-refractivity contribution in [1.29, 1.82) is 0 Å². The van der Waals surface area contributed by atoms with Crippen LogP contribution >= 0.6 is 0 Å². The number of alkyl halides is 4. The minimum Gasteiger partial charge on any atom is -0.249 e. The minimum absolute atomic E-state index is 0.0226. The molecule has 32 heavy (non-hydrogen) atoms. The Morgan fingerprint density at radius 1 is 0.750 bits per heavy atom. The summed E-state index contributed by atoms with van der Waals surface area (Å²) in [5, 5.41) is 3.43. The molecule has 5 nitrogen and oxygen atoms in total. The van der Waals surface area contributed by atoms with Gasteiger partial charge in [0.1, 0.15) is 0 Å². The monoisotopic (exact) mass is 449 g/mol. The predicted octanol–water partition coefficient (Wildman–Crippen LogP) is 5.25. The normalized spacial score (nSPS) is 13.7. The lowest BCUT2D eigenvalue weighted by atomic mass is 9.98. The lowest BCUT2D eigenvalue weighted by molar-refractivity contribution is -0.141. The van der Waals surface area contributed by atoms with Crippen molar-refractivity contribution in [3.63, 3.8) is 0 Å². The third kappa shape index (κ3) is 4.05. The summed E-state index contributed by atoms with van der Waals surface area (Å²) in [6, 6.07) is 11.2. The highest BCUT2D eigenvalue weighted by Crippen LogP contribution is 2.33. The van der Waals surface area contributed by atoms with E-state index in [9.17, 15) is 22.0 Å². The Hall–Kier alpha value is -3.76. The highest BCUT2D eigenvalue weighted by molar-refractivity contribution is 5.59. The standard InChI is InChI=1S/C21H13F6N5/c1-20(24,14-5-2-4-13(28-14)12-8-9-17(22)30-19(12)23)15-6-3-7-18(29-15)32-11-10-16(31-32)21(25,26)27/h2-11H,1H3. The van der Waals surface area contributed by atoms with Gasteiger partial charge in [-0.25, -0.2) is 19.0 Å². The third-order valence-electron chi connectivity index (χ3n) is 4.65. The van der Waals surface area contributed by atoms with Gasteiger partial charge in [0.25, 0.3) is 0 Å². The molecule has 0 N–H and O–H groups in total. The van der Waals surface area contributed by atoms with Crippen LogP contribution in [0.3, 0.4) is 0 Å². The smallest absolute Gasteiger partial charge is 0.249 e. The van der Waals surface area contributed by atoms with Crippen LogP contribution in [-0.4, -0.2) is 24.7 Å². The van der Waals surface area contributed by atoms with E-state index >= 15 is 4.39 Å².